The molecular weight excluding hydrogens is 342 g/mol. The van der Waals surface area contributed by atoms with Crippen molar-refractivity contribution in [2.75, 3.05) is 39.4 Å². The van der Waals surface area contributed by atoms with Crippen LogP contribution in [0.2, 0.25) is 0 Å². The van der Waals surface area contributed by atoms with Crippen LogP contribution in [0.4, 0.5) is 0 Å². The Balaban J connectivity index is 1.24. The second-order valence-corrected chi connectivity index (χ2v) is 8.31. The van der Waals surface area contributed by atoms with Crippen molar-refractivity contribution < 1.29 is 9.53 Å². The minimum Gasteiger partial charge on any atom is -0.381 e. The van der Waals surface area contributed by atoms with Crippen LogP contribution >= 0.6 is 0 Å². The largest absolute Gasteiger partial charge is 0.381 e. The zero-order chi connectivity index (χ0) is 18.5. The third kappa shape index (κ3) is 4.88. The van der Waals surface area contributed by atoms with Crippen molar-refractivity contribution in [1.29, 1.82) is 0 Å². The lowest BCUT2D eigenvalue weighted by Crippen LogP contribution is -2.34. The number of hydrogen-bond donors (Lipinski definition) is 1. The first-order valence-corrected chi connectivity index (χ1v) is 10.8. The van der Waals surface area contributed by atoms with Gasteiger partial charge < -0.3 is 19.5 Å². The van der Waals surface area contributed by atoms with Crippen LogP contribution in [0.5, 0.6) is 0 Å². The molecule has 3 aliphatic heterocycles. The van der Waals surface area contributed by atoms with E-state index >= 15 is 0 Å². The Labute approximate surface area is 161 Å². The van der Waals surface area contributed by atoms with Gasteiger partial charge in [0.15, 0.2) is 0 Å². The summed E-state index contributed by atoms with van der Waals surface area (Å²) < 4.78 is 7.82. The van der Waals surface area contributed by atoms with Crippen molar-refractivity contribution in [2.24, 2.45) is 5.92 Å². The molecule has 0 saturated carbocycles. The Hall–Kier alpha value is -1.47. The first-order valence-electron chi connectivity index (χ1n) is 10.8. The molecule has 1 aromatic rings. The maximum Gasteiger partial charge on any atom is 0.220 e. The lowest BCUT2D eigenvalue weighted by atomic mass is 9.96. The number of carbonyl (C=O) groups is 1. The van der Waals surface area contributed by atoms with Crippen LogP contribution in [0.3, 0.4) is 0 Å². The van der Waals surface area contributed by atoms with Crippen molar-refractivity contribution in [3.8, 4) is 0 Å². The number of aryl methyl sites for hydroxylation is 1. The van der Waals surface area contributed by atoms with Gasteiger partial charge in [0.1, 0.15) is 11.6 Å². The van der Waals surface area contributed by atoms with Crippen molar-refractivity contribution in [3.05, 3.63) is 11.6 Å². The van der Waals surface area contributed by atoms with Gasteiger partial charge in [-0.05, 0) is 57.5 Å². The van der Waals surface area contributed by atoms with Gasteiger partial charge in [0.2, 0.25) is 5.91 Å². The predicted octanol–water partition coefficient (Wildman–Crippen LogP) is 1.73. The highest BCUT2D eigenvalue weighted by atomic mass is 16.5. The van der Waals surface area contributed by atoms with Gasteiger partial charge in [-0.3, -0.25) is 4.79 Å². The van der Waals surface area contributed by atoms with E-state index in [0.29, 0.717) is 18.3 Å². The molecule has 4 heterocycles. The molecule has 4 rings (SSSR count). The Morgan fingerprint density at radius 2 is 1.89 bits per heavy atom. The normalized spacial score (nSPS) is 24.5. The molecule has 1 unspecified atom stereocenters. The van der Waals surface area contributed by atoms with Crippen molar-refractivity contribution in [2.45, 2.75) is 63.8 Å². The van der Waals surface area contributed by atoms with Gasteiger partial charge in [0, 0.05) is 51.6 Å². The molecule has 0 aliphatic carbocycles. The van der Waals surface area contributed by atoms with Gasteiger partial charge in [0.25, 0.3) is 0 Å². The molecule has 0 aromatic carbocycles. The lowest BCUT2D eigenvalue weighted by Gasteiger charge is -2.22. The summed E-state index contributed by atoms with van der Waals surface area (Å²) in [5.74, 6) is 3.38. The number of amides is 1. The van der Waals surface area contributed by atoms with E-state index < -0.39 is 0 Å². The van der Waals surface area contributed by atoms with E-state index in [4.69, 9.17) is 4.74 Å². The third-order valence-corrected chi connectivity index (χ3v) is 6.40. The summed E-state index contributed by atoms with van der Waals surface area (Å²) in [6.07, 6.45) is 8.34. The number of fused-ring (bicyclic) bond motifs is 1. The second-order valence-electron chi connectivity index (χ2n) is 8.31. The standard InChI is InChI=1S/C20H33N5O2/c26-19(21-8-12-24-9-1-2-10-24)15-16-3-4-18-22-23-20(25(18)11-5-16)17-6-13-27-14-7-17/h16-17H,1-15H2,(H,21,26). The molecule has 7 heteroatoms. The number of carbonyl (C=O) groups excluding carboxylic acids is 1. The van der Waals surface area contributed by atoms with Gasteiger partial charge in [-0.15, -0.1) is 10.2 Å². The smallest absolute Gasteiger partial charge is 0.220 e. The number of hydrogen-bond acceptors (Lipinski definition) is 5. The molecule has 1 atom stereocenters. The SMILES string of the molecule is O=C(CC1CCc2nnc(C3CCOCC3)n2CC1)NCCN1CCCC1. The van der Waals surface area contributed by atoms with Gasteiger partial charge in [-0.2, -0.15) is 0 Å². The molecule has 0 radical (unpaired) electrons. The first kappa shape index (κ1) is 18.9. The topological polar surface area (TPSA) is 72.3 Å². The monoisotopic (exact) mass is 375 g/mol. The molecule has 2 saturated heterocycles. The van der Waals surface area contributed by atoms with Crippen LogP contribution < -0.4 is 5.32 Å². The Bertz CT molecular complexity index is 620. The molecule has 1 amide bonds. The highest BCUT2D eigenvalue weighted by Crippen LogP contribution is 2.29. The zero-order valence-corrected chi connectivity index (χ0v) is 16.4. The fourth-order valence-electron chi connectivity index (χ4n) is 4.72. The molecule has 1 aromatic heterocycles. The van der Waals surface area contributed by atoms with E-state index in [1.165, 1.54) is 25.9 Å². The molecule has 27 heavy (non-hydrogen) atoms. The van der Waals surface area contributed by atoms with Crippen molar-refractivity contribution >= 4 is 5.91 Å². The van der Waals surface area contributed by atoms with Crippen LogP contribution in [0.15, 0.2) is 0 Å². The van der Waals surface area contributed by atoms with E-state index in [1.807, 2.05) is 0 Å². The van der Waals surface area contributed by atoms with Crippen LogP contribution in [-0.4, -0.2) is 65.0 Å². The van der Waals surface area contributed by atoms with E-state index in [-0.39, 0.29) is 5.91 Å². The molecule has 7 nitrogen and oxygen atoms in total. The maximum absolute atomic E-state index is 12.3. The van der Waals surface area contributed by atoms with E-state index in [2.05, 4.69) is 25.0 Å². The number of aromatic nitrogens is 3. The Morgan fingerprint density at radius 3 is 2.70 bits per heavy atom. The Kier molecular flexibility index (Phi) is 6.39. The Morgan fingerprint density at radius 1 is 1.07 bits per heavy atom. The molecule has 150 valence electrons. The second kappa shape index (κ2) is 9.15. The molecule has 3 aliphatic rings. The predicted molar refractivity (Wildman–Crippen MR) is 103 cm³/mol. The quantitative estimate of drug-likeness (QED) is 0.820. The number of rotatable bonds is 6. The number of nitrogens with zero attached hydrogens (tertiary/aromatic N) is 4. The van der Waals surface area contributed by atoms with Gasteiger partial charge in [-0.1, -0.05) is 0 Å². The summed E-state index contributed by atoms with van der Waals surface area (Å²) in [5.41, 5.74) is 0. The van der Waals surface area contributed by atoms with Crippen LogP contribution in [0.25, 0.3) is 0 Å². The number of ether oxygens (including phenoxy) is 1. The molecule has 0 bridgehead atoms. The van der Waals surface area contributed by atoms with E-state index in [0.717, 1.165) is 76.6 Å². The minimum absolute atomic E-state index is 0.210. The van der Waals surface area contributed by atoms with Crippen LogP contribution in [-0.2, 0) is 22.5 Å². The summed E-state index contributed by atoms with van der Waals surface area (Å²) in [6, 6.07) is 0. The summed E-state index contributed by atoms with van der Waals surface area (Å²) >= 11 is 0. The van der Waals surface area contributed by atoms with E-state index in [1.54, 1.807) is 0 Å². The van der Waals surface area contributed by atoms with Gasteiger partial charge >= 0.3 is 0 Å². The summed E-state index contributed by atoms with van der Waals surface area (Å²) in [5, 5.41) is 12.1. The fourth-order valence-corrected chi connectivity index (χ4v) is 4.72. The van der Waals surface area contributed by atoms with Crippen molar-refractivity contribution in [1.82, 2.24) is 25.0 Å². The van der Waals surface area contributed by atoms with Crippen LogP contribution in [0, 0.1) is 5.92 Å². The van der Waals surface area contributed by atoms with E-state index in [9.17, 15) is 4.79 Å². The average Bonchev–Trinajstić information content (AvgIpc) is 3.30. The summed E-state index contributed by atoms with van der Waals surface area (Å²) in [7, 11) is 0. The molecule has 1 N–H and O–H groups in total. The molecule has 0 spiro atoms. The van der Waals surface area contributed by atoms with Gasteiger partial charge in [0.05, 0.1) is 0 Å². The van der Waals surface area contributed by atoms with Crippen molar-refractivity contribution in [3.63, 3.8) is 0 Å². The molecular formula is C20H33N5O2. The number of likely N-dealkylation sites (tertiary alicyclic amines) is 1. The summed E-state index contributed by atoms with van der Waals surface area (Å²) in [4.78, 5) is 14.8. The maximum atomic E-state index is 12.3. The average molecular weight is 376 g/mol. The third-order valence-electron chi connectivity index (χ3n) is 6.40. The van der Waals surface area contributed by atoms with Crippen LogP contribution in [0.1, 0.15) is 62.5 Å². The fraction of sp³-hybridized carbons (Fsp3) is 0.850. The zero-order valence-electron chi connectivity index (χ0n) is 16.4. The number of nitrogens with one attached hydrogen (secondary N) is 1. The molecule has 2 fully saturated rings. The lowest BCUT2D eigenvalue weighted by molar-refractivity contribution is -0.122. The van der Waals surface area contributed by atoms with Gasteiger partial charge in [-0.25, -0.2) is 0 Å². The minimum atomic E-state index is 0.210. The summed E-state index contributed by atoms with van der Waals surface area (Å²) in [6.45, 7) is 6.75. The highest BCUT2D eigenvalue weighted by Gasteiger charge is 2.26. The highest BCUT2D eigenvalue weighted by molar-refractivity contribution is 5.76. The first-order chi connectivity index (χ1) is 13.3.